The van der Waals surface area contributed by atoms with Gasteiger partial charge in [-0.15, -0.1) is 0 Å². The van der Waals surface area contributed by atoms with Gasteiger partial charge in [-0.1, -0.05) is 35.3 Å². The van der Waals surface area contributed by atoms with Crippen LogP contribution < -0.4 is 0 Å². The Kier molecular flexibility index (Phi) is 3.50. The predicted molar refractivity (Wildman–Crippen MR) is 64.7 cm³/mol. The largest absolute Gasteiger partial charge is 0.416 e. The topological polar surface area (TPSA) is 12.9 Å². The molecule has 2 aromatic rings. The van der Waals surface area contributed by atoms with Crippen LogP contribution >= 0.6 is 23.2 Å². The standard InChI is InChI=1S/C12H6Cl2F3N/c13-10-5-8(6-18-11(10)14)7-2-1-3-9(4-7)12(15,16)17/h1-6H. The van der Waals surface area contributed by atoms with Crippen LogP contribution in [0.3, 0.4) is 0 Å². The third kappa shape index (κ3) is 2.76. The molecular formula is C12H6Cl2F3N. The smallest absolute Gasteiger partial charge is 0.242 e. The molecule has 0 N–H and O–H groups in total. The van der Waals surface area contributed by atoms with Crippen LogP contribution in [-0.4, -0.2) is 4.98 Å². The van der Waals surface area contributed by atoms with Gasteiger partial charge in [0.15, 0.2) is 0 Å². The van der Waals surface area contributed by atoms with E-state index in [2.05, 4.69) is 4.98 Å². The zero-order chi connectivity index (χ0) is 13.3. The minimum absolute atomic E-state index is 0.118. The van der Waals surface area contributed by atoms with E-state index in [1.165, 1.54) is 18.3 Å². The summed E-state index contributed by atoms with van der Waals surface area (Å²) in [6, 6.07) is 6.42. The van der Waals surface area contributed by atoms with Gasteiger partial charge in [0.05, 0.1) is 10.6 Å². The molecule has 0 aliphatic carbocycles. The molecule has 1 aromatic carbocycles. The quantitative estimate of drug-likeness (QED) is 0.668. The van der Waals surface area contributed by atoms with Gasteiger partial charge >= 0.3 is 6.18 Å². The summed E-state index contributed by atoms with van der Waals surface area (Å²) in [5.74, 6) is 0. The molecule has 0 unspecified atom stereocenters. The van der Waals surface area contributed by atoms with E-state index in [0.717, 1.165) is 12.1 Å². The van der Waals surface area contributed by atoms with Gasteiger partial charge in [-0.25, -0.2) is 4.98 Å². The van der Waals surface area contributed by atoms with Crippen LogP contribution in [0.15, 0.2) is 36.5 Å². The SMILES string of the molecule is FC(F)(F)c1cccc(-c2cnc(Cl)c(Cl)c2)c1. The molecule has 0 bridgehead atoms. The summed E-state index contributed by atoms with van der Waals surface area (Å²) in [6.45, 7) is 0. The van der Waals surface area contributed by atoms with E-state index < -0.39 is 11.7 Å². The fourth-order valence-corrected chi connectivity index (χ4v) is 1.72. The molecule has 0 atom stereocenters. The van der Waals surface area contributed by atoms with Crippen LogP contribution in [0.25, 0.3) is 11.1 Å². The third-order valence-corrected chi connectivity index (χ3v) is 3.01. The Bertz CT molecular complexity index is 582. The molecule has 1 nitrogen and oxygen atoms in total. The molecule has 94 valence electrons. The lowest BCUT2D eigenvalue weighted by Crippen LogP contribution is -2.04. The highest BCUT2D eigenvalue weighted by atomic mass is 35.5. The van der Waals surface area contributed by atoms with Crippen molar-refractivity contribution >= 4 is 23.2 Å². The first kappa shape index (κ1) is 13.2. The first-order valence-electron chi connectivity index (χ1n) is 4.86. The maximum absolute atomic E-state index is 12.6. The van der Waals surface area contributed by atoms with Crippen molar-refractivity contribution in [2.75, 3.05) is 0 Å². The lowest BCUT2D eigenvalue weighted by Gasteiger charge is -2.09. The summed E-state index contributed by atoms with van der Waals surface area (Å²) in [5.41, 5.74) is 0.150. The zero-order valence-electron chi connectivity index (χ0n) is 8.80. The molecule has 1 aromatic heterocycles. The average Bonchev–Trinajstić information content (AvgIpc) is 2.32. The molecule has 1 heterocycles. The van der Waals surface area contributed by atoms with E-state index in [-0.39, 0.29) is 10.2 Å². The molecule has 0 aliphatic heterocycles. The van der Waals surface area contributed by atoms with Crippen LogP contribution in [0, 0.1) is 0 Å². The van der Waals surface area contributed by atoms with Gasteiger partial charge in [0.1, 0.15) is 5.15 Å². The fourth-order valence-electron chi connectivity index (χ4n) is 1.45. The van der Waals surface area contributed by atoms with Crippen molar-refractivity contribution in [3.05, 3.63) is 52.3 Å². The normalized spacial score (nSPS) is 11.6. The van der Waals surface area contributed by atoms with E-state index in [1.54, 1.807) is 6.07 Å². The van der Waals surface area contributed by atoms with Gasteiger partial charge in [-0.2, -0.15) is 13.2 Å². The van der Waals surface area contributed by atoms with Crippen molar-refractivity contribution in [3.8, 4) is 11.1 Å². The summed E-state index contributed by atoms with van der Waals surface area (Å²) in [4.78, 5) is 3.80. The highest BCUT2D eigenvalue weighted by molar-refractivity contribution is 6.41. The molecule has 6 heteroatoms. The van der Waals surface area contributed by atoms with Crippen molar-refractivity contribution in [1.82, 2.24) is 4.98 Å². The van der Waals surface area contributed by atoms with Crippen LogP contribution in [0.5, 0.6) is 0 Å². The number of aromatic nitrogens is 1. The molecule has 0 radical (unpaired) electrons. The van der Waals surface area contributed by atoms with E-state index in [1.807, 2.05) is 0 Å². The summed E-state index contributed by atoms with van der Waals surface area (Å²) >= 11 is 11.4. The predicted octanol–water partition coefficient (Wildman–Crippen LogP) is 5.07. The Hall–Kier alpha value is -1.26. The number of rotatable bonds is 1. The van der Waals surface area contributed by atoms with Gasteiger partial charge in [0.25, 0.3) is 0 Å². The highest BCUT2D eigenvalue weighted by Crippen LogP contribution is 2.33. The monoisotopic (exact) mass is 291 g/mol. The number of hydrogen-bond acceptors (Lipinski definition) is 1. The second-order valence-corrected chi connectivity index (χ2v) is 4.34. The van der Waals surface area contributed by atoms with Gasteiger partial charge < -0.3 is 0 Å². The first-order valence-corrected chi connectivity index (χ1v) is 5.62. The number of hydrogen-bond donors (Lipinski definition) is 0. The van der Waals surface area contributed by atoms with Gasteiger partial charge in [0, 0.05) is 11.8 Å². The van der Waals surface area contributed by atoms with Crippen molar-refractivity contribution in [3.63, 3.8) is 0 Å². The molecule has 2 rings (SSSR count). The summed E-state index contributed by atoms with van der Waals surface area (Å²) < 4.78 is 37.7. The Balaban J connectivity index is 2.48. The fraction of sp³-hybridized carbons (Fsp3) is 0.0833. The van der Waals surface area contributed by atoms with E-state index in [9.17, 15) is 13.2 Å². The van der Waals surface area contributed by atoms with Crippen molar-refractivity contribution < 1.29 is 13.2 Å². The third-order valence-electron chi connectivity index (χ3n) is 2.32. The molecule has 0 saturated heterocycles. The van der Waals surface area contributed by atoms with Crippen LogP contribution in [0.1, 0.15) is 5.56 Å². The van der Waals surface area contributed by atoms with Crippen molar-refractivity contribution in [2.24, 2.45) is 0 Å². The second-order valence-electron chi connectivity index (χ2n) is 3.58. The van der Waals surface area contributed by atoms with Gasteiger partial charge in [-0.3, -0.25) is 0 Å². The summed E-state index contributed by atoms with van der Waals surface area (Å²) in [5, 5.41) is 0.318. The number of nitrogens with zero attached hydrogens (tertiary/aromatic N) is 1. The minimum Gasteiger partial charge on any atom is -0.242 e. The molecule has 0 amide bonds. The molecular weight excluding hydrogens is 286 g/mol. The van der Waals surface area contributed by atoms with Crippen LogP contribution in [0.2, 0.25) is 10.2 Å². The Morgan fingerprint density at radius 1 is 1.00 bits per heavy atom. The maximum Gasteiger partial charge on any atom is 0.416 e. The molecule has 0 fully saturated rings. The number of benzene rings is 1. The summed E-state index contributed by atoms with van der Waals surface area (Å²) in [7, 11) is 0. The molecule has 0 saturated carbocycles. The second kappa shape index (κ2) is 4.78. The Morgan fingerprint density at radius 2 is 1.72 bits per heavy atom. The average molecular weight is 292 g/mol. The summed E-state index contributed by atoms with van der Waals surface area (Å²) in [6.07, 6.45) is -3.00. The first-order chi connectivity index (χ1) is 8.38. The lowest BCUT2D eigenvalue weighted by atomic mass is 10.0. The molecule has 0 aliphatic rings. The lowest BCUT2D eigenvalue weighted by molar-refractivity contribution is -0.137. The molecule has 0 spiro atoms. The van der Waals surface area contributed by atoms with Crippen molar-refractivity contribution in [1.29, 1.82) is 0 Å². The van der Waals surface area contributed by atoms with E-state index in [4.69, 9.17) is 23.2 Å². The highest BCUT2D eigenvalue weighted by Gasteiger charge is 2.30. The Morgan fingerprint density at radius 3 is 2.33 bits per heavy atom. The molecule has 18 heavy (non-hydrogen) atoms. The van der Waals surface area contributed by atoms with Crippen LogP contribution in [-0.2, 0) is 6.18 Å². The number of pyridine rings is 1. The number of alkyl halides is 3. The number of halogens is 5. The van der Waals surface area contributed by atoms with E-state index >= 15 is 0 Å². The van der Waals surface area contributed by atoms with Gasteiger partial charge in [-0.05, 0) is 23.8 Å². The Labute approximate surface area is 111 Å². The van der Waals surface area contributed by atoms with Gasteiger partial charge in [0.2, 0.25) is 0 Å². The zero-order valence-corrected chi connectivity index (χ0v) is 10.3. The van der Waals surface area contributed by atoms with Crippen molar-refractivity contribution in [2.45, 2.75) is 6.18 Å². The minimum atomic E-state index is -4.38. The van der Waals surface area contributed by atoms with Crippen LogP contribution in [0.4, 0.5) is 13.2 Å². The van der Waals surface area contributed by atoms with E-state index in [0.29, 0.717) is 11.1 Å². The maximum atomic E-state index is 12.6.